The molecule has 114 valence electrons. The van der Waals surface area contributed by atoms with Crippen LogP contribution in [0, 0.1) is 29.1 Å². The van der Waals surface area contributed by atoms with E-state index in [9.17, 15) is 19.5 Å². The first-order valence-electron chi connectivity index (χ1n) is 7.33. The number of rotatable bonds is 3. The standard InChI is InChI=1S/C15H20N2O4/c1-15(14(16)21)4-5-17(7-15)12(18)10-8-2-3-9(6-8)11(10)13(19)20/h2-3,8-11H,4-7H2,1H3,(H2,16,21)(H,19,20). The molecule has 21 heavy (non-hydrogen) atoms. The summed E-state index contributed by atoms with van der Waals surface area (Å²) >= 11 is 0. The van der Waals surface area contributed by atoms with Gasteiger partial charge in [-0.15, -0.1) is 0 Å². The zero-order chi connectivity index (χ0) is 15.4. The average Bonchev–Trinajstić information content (AvgIpc) is 3.10. The lowest BCUT2D eigenvalue weighted by atomic mass is 9.82. The van der Waals surface area contributed by atoms with E-state index in [2.05, 4.69) is 0 Å². The minimum atomic E-state index is -0.901. The monoisotopic (exact) mass is 292 g/mol. The SMILES string of the molecule is CC1(C(N)=O)CCN(C(=O)C2C3C=CC(C3)C2C(=O)O)C1. The number of fused-ring (bicyclic) bond motifs is 2. The Hall–Kier alpha value is -1.85. The van der Waals surface area contributed by atoms with E-state index in [4.69, 9.17) is 5.73 Å². The molecule has 6 heteroatoms. The van der Waals surface area contributed by atoms with Gasteiger partial charge >= 0.3 is 5.97 Å². The van der Waals surface area contributed by atoms with E-state index in [1.807, 2.05) is 12.2 Å². The number of allylic oxidation sites excluding steroid dienone is 2. The van der Waals surface area contributed by atoms with Gasteiger partial charge in [0.1, 0.15) is 0 Å². The fourth-order valence-corrected chi connectivity index (χ4v) is 4.06. The number of nitrogens with two attached hydrogens (primary N) is 1. The summed E-state index contributed by atoms with van der Waals surface area (Å²) in [5.74, 6) is -2.58. The first-order chi connectivity index (χ1) is 9.83. The Morgan fingerprint density at radius 3 is 2.38 bits per heavy atom. The molecule has 5 atom stereocenters. The van der Waals surface area contributed by atoms with Crippen molar-refractivity contribution in [3.8, 4) is 0 Å². The number of carbonyl (C=O) groups excluding carboxylic acids is 2. The van der Waals surface area contributed by atoms with E-state index in [1.54, 1.807) is 11.8 Å². The van der Waals surface area contributed by atoms with Crippen molar-refractivity contribution in [1.29, 1.82) is 0 Å². The van der Waals surface area contributed by atoms with Crippen LogP contribution in [0.2, 0.25) is 0 Å². The molecule has 6 nitrogen and oxygen atoms in total. The van der Waals surface area contributed by atoms with Crippen LogP contribution in [-0.2, 0) is 14.4 Å². The summed E-state index contributed by atoms with van der Waals surface area (Å²) in [5, 5.41) is 9.41. The highest BCUT2D eigenvalue weighted by atomic mass is 16.4. The summed E-state index contributed by atoms with van der Waals surface area (Å²) < 4.78 is 0. The van der Waals surface area contributed by atoms with Crippen LogP contribution in [0.4, 0.5) is 0 Å². The van der Waals surface area contributed by atoms with Crippen molar-refractivity contribution >= 4 is 17.8 Å². The lowest BCUT2D eigenvalue weighted by Crippen LogP contribution is -2.44. The van der Waals surface area contributed by atoms with Gasteiger partial charge < -0.3 is 15.7 Å². The molecule has 0 spiro atoms. The van der Waals surface area contributed by atoms with Gasteiger partial charge in [0, 0.05) is 13.1 Å². The number of primary amides is 1. The Morgan fingerprint density at radius 1 is 1.24 bits per heavy atom. The summed E-state index contributed by atoms with van der Waals surface area (Å²) in [6.07, 6.45) is 5.18. The highest BCUT2D eigenvalue weighted by Gasteiger charge is 2.54. The van der Waals surface area contributed by atoms with E-state index >= 15 is 0 Å². The smallest absolute Gasteiger partial charge is 0.307 e. The summed E-state index contributed by atoms with van der Waals surface area (Å²) in [5.41, 5.74) is 4.71. The Morgan fingerprint density at radius 2 is 1.86 bits per heavy atom. The van der Waals surface area contributed by atoms with Crippen LogP contribution in [-0.4, -0.2) is 40.9 Å². The maximum absolute atomic E-state index is 12.7. The minimum absolute atomic E-state index is 0.0176. The Labute approximate surface area is 123 Å². The molecule has 3 rings (SSSR count). The van der Waals surface area contributed by atoms with Crippen LogP contribution in [0.15, 0.2) is 12.2 Å². The average molecular weight is 292 g/mol. The first-order valence-corrected chi connectivity index (χ1v) is 7.33. The molecular weight excluding hydrogens is 272 g/mol. The van der Waals surface area contributed by atoms with Gasteiger partial charge in [-0.3, -0.25) is 14.4 Å². The zero-order valence-corrected chi connectivity index (χ0v) is 12.0. The second kappa shape index (κ2) is 4.58. The molecule has 2 fully saturated rings. The molecule has 3 aliphatic rings. The largest absolute Gasteiger partial charge is 0.481 e. The van der Waals surface area contributed by atoms with E-state index in [0.29, 0.717) is 19.5 Å². The normalized spacial score (nSPS) is 40.7. The van der Waals surface area contributed by atoms with Crippen LogP contribution in [0.3, 0.4) is 0 Å². The first kappa shape index (κ1) is 14.1. The van der Waals surface area contributed by atoms with Gasteiger partial charge in [0.25, 0.3) is 0 Å². The van der Waals surface area contributed by atoms with E-state index in [0.717, 1.165) is 6.42 Å². The fourth-order valence-electron chi connectivity index (χ4n) is 4.06. The molecule has 2 aliphatic carbocycles. The highest BCUT2D eigenvalue weighted by molar-refractivity contribution is 5.88. The molecule has 2 amide bonds. The van der Waals surface area contributed by atoms with Crippen molar-refractivity contribution < 1.29 is 19.5 Å². The summed E-state index contributed by atoms with van der Waals surface area (Å²) in [7, 11) is 0. The maximum atomic E-state index is 12.7. The number of aliphatic carboxylic acids is 1. The third kappa shape index (κ3) is 2.04. The topological polar surface area (TPSA) is 101 Å². The van der Waals surface area contributed by atoms with Gasteiger partial charge in [-0.25, -0.2) is 0 Å². The number of carboxylic acids is 1. The molecule has 1 saturated heterocycles. The predicted octanol–water partition coefficient (Wildman–Crippen LogP) is 0.233. The Bertz CT molecular complexity index is 544. The molecule has 0 aromatic carbocycles. The number of likely N-dealkylation sites (tertiary alicyclic amines) is 1. The van der Waals surface area contributed by atoms with Crippen molar-refractivity contribution in [2.24, 2.45) is 34.8 Å². The lowest BCUT2D eigenvalue weighted by molar-refractivity contribution is -0.150. The molecule has 1 aliphatic heterocycles. The summed E-state index contributed by atoms with van der Waals surface area (Å²) in [6.45, 7) is 2.53. The van der Waals surface area contributed by atoms with Crippen molar-refractivity contribution in [3.05, 3.63) is 12.2 Å². The number of hydrogen-bond acceptors (Lipinski definition) is 3. The molecule has 0 aromatic rings. The van der Waals surface area contributed by atoms with Crippen LogP contribution in [0.5, 0.6) is 0 Å². The molecule has 1 saturated carbocycles. The molecule has 0 aromatic heterocycles. The summed E-state index contributed by atoms with van der Waals surface area (Å²) in [6, 6.07) is 0. The van der Waals surface area contributed by atoms with Gasteiger partial charge in [0.05, 0.1) is 17.3 Å². The van der Waals surface area contributed by atoms with Crippen molar-refractivity contribution in [2.75, 3.05) is 13.1 Å². The van der Waals surface area contributed by atoms with Gasteiger partial charge in [-0.1, -0.05) is 12.2 Å². The third-order valence-electron chi connectivity index (χ3n) is 5.41. The number of carbonyl (C=O) groups is 3. The maximum Gasteiger partial charge on any atom is 0.307 e. The molecule has 0 radical (unpaired) electrons. The van der Waals surface area contributed by atoms with Crippen LogP contribution >= 0.6 is 0 Å². The Kier molecular flexibility index (Phi) is 3.07. The second-order valence-electron chi connectivity index (χ2n) is 6.77. The quantitative estimate of drug-likeness (QED) is 0.727. The second-order valence-corrected chi connectivity index (χ2v) is 6.77. The zero-order valence-electron chi connectivity index (χ0n) is 12.0. The minimum Gasteiger partial charge on any atom is -0.481 e. The van der Waals surface area contributed by atoms with Crippen molar-refractivity contribution in [1.82, 2.24) is 4.90 Å². The fraction of sp³-hybridized carbons (Fsp3) is 0.667. The van der Waals surface area contributed by atoms with Gasteiger partial charge in [0.15, 0.2) is 0 Å². The van der Waals surface area contributed by atoms with Gasteiger partial charge in [0.2, 0.25) is 11.8 Å². The van der Waals surface area contributed by atoms with Crippen LogP contribution in [0.25, 0.3) is 0 Å². The summed E-state index contributed by atoms with van der Waals surface area (Å²) in [4.78, 5) is 37.3. The number of amides is 2. The van der Waals surface area contributed by atoms with Gasteiger partial charge in [-0.05, 0) is 31.6 Å². The molecule has 2 bridgehead atoms. The number of carboxylic acid groups (broad SMARTS) is 1. The number of nitrogens with zero attached hydrogens (tertiary/aromatic N) is 1. The molecule has 1 heterocycles. The van der Waals surface area contributed by atoms with E-state index < -0.39 is 29.1 Å². The van der Waals surface area contributed by atoms with Crippen LogP contribution in [0.1, 0.15) is 19.8 Å². The van der Waals surface area contributed by atoms with Crippen molar-refractivity contribution in [3.63, 3.8) is 0 Å². The van der Waals surface area contributed by atoms with Gasteiger partial charge in [-0.2, -0.15) is 0 Å². The molecule has 3 N–H and O–H groups in total. The van der Waals surface area contributed by atoms with E-state index in [-0.39, 0.29) is 17.7 Å². The molecular formula is C15H20N2O4. The predicted molar refractivity (Wildman–Crippen MR) is 73.9 cm³/mol. The number of hydrogen-bond donors (Lipinski definition) is 2. The lowest BCUT2D eigenvalue weighted by Gasteiger charge is -2.29. The van der Waals surface area contributed by atoms with Crippen molar-refractivity contribution in [2.45, 2.75) is 19.8 Å². The molecule has 5 unspecified atom stereocenters. The Balaban J connectivity index is 1.79. The van der Waals surface area contributed by atoms with E-state index in [1.165, 1.54) is 0 Å². The van der Waals surface area contributed by atoms with Crippen LogP contribution < -0.4 is 5.73 Å². The highest BCUT2D eigenvalue weighted by Crippen LogP contribution is 2.49. The third-order valence-corrected chi connectivity index (χ3v) is 5.41.